The molecule has 2 aromatic rings. The molecule has 0 aliphatic rings. The van der Waals surface area contributed by atoms with Crippen LogP contribution < -0.4 is 9.64 Å². The molecule has 1 aromatic heterocycles. The van der Waals surface area contributed by atoms with Crippen molar-refractivity contribution < 1.29 is 18.6 Å². The number of para-hydroxylation sites is 1. The van der Waals surface area contributed by atoms with E-state index in [1.165, 1.54) is 0 Å². The van der Waals surface area contributed by atoms with Crippen molar-refractivity contribution in [2.45, 2.75) is 0 Å². The van der Waals surface area contributed by atoms with Crippen LogP contribution in [0.3, 0.4) is 0 Å². The minimum Gasteiger partial charge on any atom is -0.475 e. The molecular formula is C22H29FN2O3. The summed E-state index contributed by atoms with van der Waals surface area (Å²) in [6.07, 6.45) is 5.74. The van der Waals surface area contributed by atoms with Crippen LogP contribution in [0.4, 0.5) is 10.1 Å². The molecule has 0 radical (unpaired) electrons. The lowest BCUT2D eigenvalue weighted by atomic mass is 10.2. The number of nitrogens with zero attached hydrogens (tertiary/aromatic N) is 2. The summed E-state index contributed by atoms with van der Waals surface area (Å²) in [6, 6.07) is 13.9. The van der Waals surface area contributed by atoms with Gasteiger partial charge in [-0.05, 0) is 29.8 Å². The zero-order valence-electron chi connectivity index (χ0n) is 16.4. The minimum absolute atomic E-state index is 0.117. The Kier molecular flexibility index (Phi) is 12.8. The summed E-state index contributed by atoms with van der Waals surface area (Å²) in [4.78, 5) is 6.31. The molecule has 5 nitrogen and oxygen atoms in total. The standard InChI is InChI=1S/C20H25FN2O3.C2H4/c1-23(19-5-3-2-4-6-19)11-9-18-7-8-20(22-17-18)26-16-15-25-14-13-24-12-10-21;1-2/h2-9,11,17H,10,12-16H2,1H3;1-2H2/b11-9+;. The molecule has 0 unspecified atom stereocenters. The number of alkyl halides is 1. The largest absolute Gasteiger partial charge is 0.475 e. The molecule has 0 aliphatic carbocycles. The number of aromatic nitrogens is 1. The maximum atomic E-state index is 11.8. The maximum Gasteiger partial charge on any atom is 0.213 e. The highest BCUT2D eigenvalue weighted by Gasteiger charge is 1.98. The van der Waals surface area contributed by atoms with E-state index < -0.39 is 6.67 Å². The molecule has 2 rings (SSSR count). The average molecular weight is 388 g/mol. The third-order valence-corrected chi connectivity index (χ3v) is 3.48. The highest BCUT2D eigenvalue weighted by molar-refractivity contribution is 5.56. The summed E-state index contributed by atoms with van der Waals surface area (Å²) in [6.45, 7) is 7.30. The van der Waals surface area contributed by atoms with Crippen LogP contribution in [-0.4, -0.2) is 51.7 Å². The van der Waals surface area contributed by atoms with Gasteiger partial charge in [-0.15, -0.1) is 13.2 Å². The summed E-state index contributed by atoms with van der Waals surface area (Å²) >= 11 is 0. The van der Waals surface area contributed by atoms with Gasteiger partial charge in [0.05, 0.1) is 26.4 Å². The van der Waals surface area contributed by atoms with Crippen molar-refractivity contribution in [3.63, 3.8) is 0 Å². The maximum absolute atomic E-state index is 11.8. The molecule has 0 atom stereocenters. The molecule has 152 valence electrons. The number of pyridine rings is 1. The molecule has 6 heteroatoms. The molecule has 0 N–H and O–H groups in total. The number of anilines is 1. The minimum atomic E-state index is -0.470. The van der Waals surface area contributed by atoms with E-state index in [1.807, 2.05) is 54.6 Å². The Morgan fingerprint density at radius 1 is 0.964 bits per heavy atom. The predicted octanol–water partition coefficient (Wildman–Crippen LogP) is 4.37. The lowest BCUT2D eigenvalue weighted by Crippen LogP contribution is -2.11. The summed E-state index contributed by atoms with van der Waals surface area (Å²) in [5.74, 6) is 0.552. The van der Waals surface area contributed by atoms with E-state index in [4.69, 9.17) is 14.2 Å². The second-order valence-electron chi connectivity index (χ2n) is 5.45. The Hall–Kier alpha value is -2.70. The number of ether oxygens (including phenoxy) is 3. The molecule has 0 saturated heterocycles. The first-order valence-electron chi connectivity index (χ1n) is 9.06. The third-order valence-electron chi connectivity index (χ3n) is 3.48. The van der Waals surface area contributed by atoms with Crippen molar-refractivity contribution in [2.24, 2.45) is 0 Å². The second-order valence-corrected chi connectivity index (χ2v) is 5.45. The van der Waals surface area contributed by atoms with Crippen LogP contribution in [-0.2, 0) is 9.47 Å². The van der Waals surface area contributed by atoms with Crippen LogP contribution in [0.15, 0.2) is 68.0 Å². The fourth-order valence-electron chi connectivity index (χ4n) is 2.10. The quantitative estimate of drug-likeness (QED) is 0.399. The lowest BCUT2D eigenvalue weighted by molar-refractivity contribution is 0.0320. The Morgan fingerprint density at radius 2 is 1.64 bits per heavy atom. The number of halogens is 1. The van der Waals surface area contributed by atoms with Gasteiger partial charge < -0.3 is 19.1 Å². The van der Waals surface area contributed by atoms with Gasteiger partial charge in [-0.2, -0.15) is 0 Å². The summed E-state index contributed by atoms with van der Waals surface area (Å²) in [5.41, 5.74) is 2.10. The number of hydrogen-bond acceptors (Lipinski definition) is 5. The average Bonchev–Trinajstić information content (AvgIpc) is 2.77. The number of benzene rings is 1. The number of rotatable bonds is 12. The molecule has 0 spiro atoms. The highest BCUT2D eigenvalue weighted by atomic mass is 19.1. The van der Waals surface area contributed by atoms with Crippen molar-refractivity contribution in [1.82, 2.24) is 4.98 Å². The Morgan fingerprint density at radius 3 is 2.29 bits per heavy atom. The van der Waals surface area contributed by atoms with E-state index in [9.17, 15) is 4.39 Å². The Bertz CT molecular complexity index is 651. The van der Waals surface area contributed by atoms with E-state index in [2.05, 4.69) is 30.3 Å². The monoisotopic (exact) mass is 388 g/mol. The van der Waals surface area contributed by atoms with Gasteiger partial charge in [0.2, 0.25) is 5.88 Å². The molecule has 0 saturated carbocycles. The van der Waals surface area contributed by atoms with Crippen LogP contribution in [0.5, 0.6) is 5.88 Å². The first-order valence-corrected chi connectivity index (χ1v) is 9.06. The second kappa shape index (κ2) is 15.4. The van der Waals surface area contributed by atoms with Gasteiger partial charge >= 0.3 is 0 Å². The van der Waals surface area contributed by atoms with Gasteiger partial charge in [0.25, 0.3) is 0 Å². The first kappa shape index (κ1) is 23.3. The van der Waals surface area contributed by atoms with Crippen LogP contribution in [0.1, 0.15) is 5.56 Å². The van der Waals surface area contributed by atoms with Gasteiger partial charge in [0.1, 0.15) is 13.3 Å². The van der Waals surface area contributed by atoms with Crippen LogP contribution >= 0.6 is 0 Å². The van der Waals surface area contributed by atoms with Crippen molar-refractivity contribution in [3.05, 3.63) is 73.6 Å². The van der Waals surface area contributed by atoms with Gasteiger partial charge in [-0.3, -0.25) is 0 Å². The van der Waals surface area contributed by atoms with Crippen LogP contribution in [0.2, 0.25) is 0 Å². The molecule has 0 aliphatic heterocycles. The van der Waals surface area contributed by atoms with E-state index in [0.717, 1.165) is 11.3 Å². The SMILES string of the molecule is C=C.CN(/C=C/c1ccc(OCCOCCOCCF)nc1)c1ccccc1. The molecule has 1 aromatic carbocycles. The molecule has 0 bridgehead atoms. The zero-order valence-corrected chi connectivity index (χ0v) is 16.4. The van der Waals surface area contributed by atoms with E-state index in [1.54, 1.807) is 6.20 Å². The fourth-order valence-corrected chi connectivity index (χ4v) is 2.10. The van der Waals surface area contributed by atoms with Crippen molar-refractivity contribution in [2.75, 3.05) is 51.7 Å². The summed E-state index contributed by atoms with van der Waals surface area (Å²) < 4.78 is 27.6. The third kappa shape index (κ3) is 9.85. The van der Waals surface area contributed by atoms with Gasteiger partial charge in [-0.25, -0.2) is 9.37 Å². The Balaban J connectivity index is 0.00000190. The van der Waals surface area contributed by atoms with Gasteiger partial charge in [-0.1, -0.05) is 18.2 Å². The van der Waals surface area contributed by atoms with E-state index in [0.29, 0.717) is 32.3 Å². The van der Waals surface area contributed by atoms with E-state index >= 15 is 0 Å². The predicted molar refractivity (Wildman–Crippen MR) is 112 cm³/mol. The first-order chi connectivity index (χ1) is 13.8. The van der Waals surface area contributed by atoms with Gasteiger partial charge in [0, 0.05) is 31.2 Å². The molecule has 28 heavy (non-hydrogen) atoms. The van der Waals surface area contributed by atoms with Crippen LogP contribution in [0, 0.1) is 0 Å². The van der Waals surface area contributed by atoms with Crippen LogP contribution in [0.25, 0.3) is 6.08 Å². The van der Waals surface area contributed by atoms with Crippen molar-refractivity contribution >= 4 is 11.8 Å². The lowest BCUT2D eigenvalue weighted by Gasteiger charge is -2.13. The topological polar surface area (TPSA) is 43.8 Å². The smallest absolute Gasteiger partial charge is 0.213 e. The van der Waals surface area contributed by atoms with Gasteiger partial charge in [0.15, 0.2) is 0 Å². The fraction of sp³-hybridized carbons (Fsp3) is 0.318. The van der Waals surface area contributed by atoms with E-state index in [-0.39, 0.29) is 6.61 Å². The molecule has 1 heterocycles. The van der Waals surface area contributed by atoms with Crippen molar-refractivity contribution in [3.8, 4) is 5.88 Å². The summed E-state index contributed by atoms with van der Waals surface area (Å²) in [7, 11) is 2.00. The highest BCUT2D eigenvalue weighted by Crippen LogP contribution is 2.13. The molecule has 0 amide bonds. The zero-order chi connectivity index (χ0) is 20.5. The van der Waals surface area contributed by atoms with Crippen molar-refractivity contribution in [1.29, 1.82) is 0 Å². The molecular weight excluding hydrogens is 359 g/mol. The summed E-state index contributed by atoms with van der Waals surface area (Å²) in [5, 5.41) is 0. The molecule has 0 fully saturated rings. The normalized spacial score (nSPS) is 10.4. The number of hydrogen-bond donors (Lipinski definition) is 0. The Labute approximate surface area is 167 Å².